The molecule has 0 fully saturated rings. The van der Waals surface area contributed by atoms with E-state index in [1.54, 1.807) is 24.3 Å². The number of hydrogen-bond donors (Lipinski definition) is 2. The summed E-state index contributed by atoms with van der Waals surface area (Å²) < 4.78 is 10.9. The fraction of sp³-hybridized carbons (Fsp3) is 0.300. The van der Waals surface area contributed by atoms with Gasteiger partial charge in [-0.2, -0.15) is 0 Å². The molecule has 0 saturated heterocycles. The van der Waals surface area contributed by atoms with E-state index in [4.69, 9.17) is 9.47 Å². The summed E-state index contributed by atoms with van der Waals surface area (Å²) in [7, 11) is 0. The number of amides is 2. The zero-order chi connectivity index (χ0) is 18.9. The molecule has 2 rings (SSSR count). The monoisotopic (exact) mass is 356 g/mol. The molecule has 26 heavy (non-hydrogen) atoms. The van der Waals surface area contributed by atoms with Gasteiger partial charge in [0.05, 0.1) is 12.7 Å². The van der Waals surface area contributed by atoms with E-state index in [2.05, 4.69) is 10.6 Å². The number of ether oxygens (including phenoxy) is 2. The highest BCUT2D eigenvalue weighted by Gasteiger charge is 2.13. The van der Waals surface area contributed by atoms with Gasteiger partial charge in [-0.15, -0.1) is 0 Å². The number of hydrogen-bond acceptors (Lipinski definition) is 4. The third-order valence-corrected chi connectivity index (χ3v) is 3.38. The van der Waals surface area contributed by atoms with Gasteiger partial charge in [0.1, 0.15) is 11.5 Å². The molecule has 2 aromatic rings. The average Bonchev–Trinajstić information content (AvgIpc) is 2.62. The van der Waals surface area contributed by atoms with E-state index in [0.717, 1.165) is 11.3 Å². The van der Waals surface area contributed by atoms with Gasteiger partial charge < -0.3 is 20.1 Å². The molecule has 0 bridgehead atoms. The van der Waals surface area contributed by atoms with E-state index in [1.807, 2.05) is 45.0 Å². The van der Waals surface area contributed by atoms with Crippen molar-refractivity contribution in [3.63, 3.8) is 0 Å². The third-order valence-electron chi connectivity index (χ3n) is 3.38. The van der Waals surface area contributed by atoms with Gasteiger partial charge in [0, 0.05) is 12.2 Å². The van der Waals surface area contributed by atoms with Gasteiger partial charge in [0.15, 0.2) is 0 Å². The lowest BCUT2D eigenvalue weighted by Gasteiger charge is -2.11. The van der Waals surface area contributed by atoms with E-state index >= 15 is 0 Å². The van der Waals surface area contributed by atoms with Crippen LogP contribution < -0.4 is 20.1 Å². The second-order valence-electron chi connectivity index (χ2n) is 5.90. The summed E-state index contributed by atoms with van der Waals surface area (Å²) in [6, 6.07) is 14.2. The number of benzene rings is 2. The van der Waals surface area contributed by atoms with Crippen molar-refractivity contribution in [3.05, 3.63) is 54.1 Å². The summed E-state index contributed by atoms with van der Waals surface area (Å²) >= 11 is 0. The zero-order valence-electron chi connectivity index (χ0n) is 15.2. The SMILES string of the molecule is CCOc1ccc(CNC(=O)C(=O)Nc2ccc(OC(C)C)cc2)cc1. The molecule has 2 N–H and O–H groups in total. The van der Waals surface area contributed by atoms with Crippen molar-refractivity contribution in [2.75, 3.05) is 11.9 Å². The Kier molecular flexibility index (Phi) is 7.02. The standard InChI is InChI=1S/C20H24N2O4/c1-4-25-17-9-5-15(6-10-17)13-21-19(23)20(24)22-16-7-11-18(12-8-16)26-14(2)3/h5-12,14H,4,13H2,1-3H3,(H,21,23)(H,22,24). The molecule has 0 spiro atoms. The van der Waals surface area contributed by atoms with Crippen LogP contribution in [-0.4, -0.2) is 24.5 Å². The zero-order valence-corrected chi connectivity index (χ0v) is 15.2. The number of carbonyl (C=O) groups is 2. The maximum atomic E-state index is 12.0. The van der Waals surface area contributed by atoms with Crippen LogP contribution in [0.4, 0.5) is 5.69 Å². The van der Waals surface area contributed by atoms with Crippen molar-refractivity contribution in [3.8, 4) is 11.5 Å². The van der Waals surface area contributed by atoms with Crippen molar-refractivity contribution in [2.45, 2.75) is 33.4 Å². The molecule has 138 valence electrons. The van der Waals surface area contributed by atoms with Crippen LogP contribution in [0.5, 0.6) is 11.5 Å². The molecule has 0 aliphatic rings. The predicted octanol–water partition coefficient (Wildman–Crippen LogP) is 3.13. The second kappa shape index (κ2) is 9.46. The van der Waals surface area contributed by atoms with Crippen molar-refractivity contribution < 1.29 is 19.1 Å². The minimum Gasteiger partial charge on any atom is -0.494 e. The molecule has 2 amide bonds. The molecular formula is C20H24N2O4. The Morgan fingerprint density at radius 1 is 0.923 bits per heavy atom. The van der Waals surface area contributed by atoms with Crippen LogP contribution in [0.2, 0.25) is 0 Å². The Bertz CT molecular complexity index is 724. The molecule has 0 unspecified atom stereocenters. The van der Waals surface area contributed by atoms with Gasteiger partial charge in [-0.05, 0) is 62.7 Å². The highest BCUT2D eigenvalue weighted by atomic mass is 16.5. The van der Waals surface area contributed by atoms with Gasteiger partial charge in [-0.25, -0.2) is 0 Å². The molecular weight excluding hydrogens is 332 g/mol. The van der Waals surface area contributed by atoms with Crippen LogP contribution in [0.3, 0.4) is 0 Å². The fourth-order valence-electron chi connectivity index (χ4n) is 2.21. The predicted molar refractivity (Wildman–Crippen MR) is 100 cm³/mol. The molecule has 0 atom stereocenters. The first-order valence-corrected chi connectivity index (χ1v) is 8.55. The van der Waals surface area contributed by atoms with E-state index in [-0.39, 0.29) is 12.6 Å². The summed E-state index contributed by atoms with van der Waals surface area (Å²) in [5.41, 5.74) is 1.41. The lowest BCUT2D eigenvalue weighted by Crippen LogP contribution is -2.34. The van der Waals surface area contributed by atoms with Crippen LogP contribution >= 0.6 is 0 Å². The Morgan fingerprint density at radius 2 is 1.54 bits per heavy atom. The molecule has 0 saturated carbocycles. The Hall–Kier alpha value is -3.02. The number of rotatable bonds is 7. The summed E-state index contributed by atoms with van der Waals surface area (Å²) in [4.78, 5) is 23.9. The largest absolute Gasteiger partial charge is 0.494 e. The molecule has 0 aliphatic carbocycles. The third kappa shape index (κ3) is 6.12. The molecule has 6 nitrogen and oxygen atoms in total. The van der Waals surface area contributed by atoms with Gasteiger partial charge in [-0.1, -0.05) is 12.1 Å². The van der Waals surface area contributed by atoms with Crippen molar-refractivity contribution in [2.24, 2.45) is 0 Å². The first-order valence-electron chi connectivity index (χ1n) is 8.55. The van der Waals surface area contributed by atoms with Crippen molar-refractivity contribution in [1.29, 1.82) is 0 Å². The molecule has 6 heteroatoms. The van der Waals surface area contributed by atoms with Crippen molar-refractivity contribution in [1.82, 2.24) is 5.32 Å². The minimum absolute atomic E-state index is 0.0730. The summed E-state index contributed by atoms with van der Waals surface area (Å²) in [5.74, 6) is 0.0676. The Labute approximate surface area is 153 Å². The lowest BCUT2D eigenvalue weighted by atomic mass is 10.2. The molecule has 0 radical (unpaired) electrons. The molecule has 0 heterocycles. The topological polar surface area (TPSA) is 76.7 Å². The molecule has 0 aliphatic heterocycles. The fourth-order valence-corrected chi connectivity index (χ4v) is 2.21. The maximum Gasteiger partial charge on any atom is 0.313 e. The van der Waals surface area contributed by atoms with Gasteiger partial charge >= 0.3 is 11.8 Å². The van der Waals surface area contributed by atoms with Gasteiger partial charge in [-0.3, -0.25) is 9.59 Å². The second-order valence-corrected chi connectivity index (χ2v) is 5.90. The van der Waals surface area contributed by atoms with E-state index in [9.17, 15) is 9.59 Å². The van der Waals surface area contributed by atoms with Crippen LogP contribution in [0.1, 0.15) is 26.3 Å². The van der Waals surface area contributed by atoms with Gasteiger partial charge in [0.2, 0.25) is 0 Å². The Balaban J connectivity index is 1.82. The summed E-state index contributed by atoms with van der Waals surface area (Å²) in [6.07, 6.45) is 0.0730. The summed E-state index contributed by atoms with van der Waals surface area (Å²) in [5, 5.41) is 5.15. The smallest absolute Gasteiger partial charge is 0.313 e. The van der Waals surface area contributed by atoms with Crippen molar-refractivity contribution >= 4 is 17.5 Å². The first-order chi connectivity index (χ1) is 12.5. The minimum atomic E-state index is -0.714. The normalized spacial score (nSPS) is 10.3. The average molecular weight is 356 g/mol. The number of nitrogens with one attached hydrogen (secondary N) is 2. The van der Waals surface area contributed by atoms with E-state index in [1.165, 1.54) is 0 Å². The van der Waals surface area contributed by atoms with Crippen LogP contribution in [-0.2, 0) is 16.1 Å². The molecule has 2 aromatic carbocycles. The quantitative estimate of drug-likeness (QED) is 0.747. The van der Waals surface area contributed by atoms with E-state index < -0.39 is 11.8 Å². The van der Waals surface area contributed by atoms with Crippen LogP contribution in [0.25, 0.3) is 0 Å². The highest BCUT2D eigenvalue weighted by molar-refractivity contribution is 6.39. The maximum absolute atomic E-state index is 12.0. The molecule has 0 aromatic heterocycles. The highest BCUT2D eigenvalue weighted by Crippen LogP contribution is 2.17. The van der Waals surface area contributed by atoms with Gasteiger partial charge in [0.25, 0.3) is 0 Å². The van der Waals surface area contributed by atoms with Crippen LogP contribution in [0, 0.1) is 0 Å². The summed E-state index contributed by atoms with van der Waals surface area (Å²) in [6.45, 7) is 6.65. The van der Waals surface area contributed by atoms with E-state index in [0.29, 0.717) is 18.0 Å². The Morgan fingerprint density at radius 3 is 2.12 bits per heavy atom. The lowest BCUT2D eigenvalue weighted by molar-refractivity contribution is -0.136. The number of carbonyl (C=O) groups excluding carboxylic acids is 2. The first kappa shape index (κ1) is 19.3. The van der Waals surface area contributed by atoms with Crippen LogP contribution in [0.15, 0.2) is 48.5 Å². The number of anilines is 1.